The van der Waals surface area contributed by atoms with Gasteiger partial charge in [-0.1, -0.05) is 19.1 Å². The third-order valence-electron chi connectivity index (χ3n) is 2.01. The SMILES string of the molecule is CC(C)CCNS(=O)(=O)c1c(Br)nnn1C. The van der Waals surface area contributed by atoms with Gasteiger partial charge in [-0.25, -0.2) is 17.8 Å². The van der Waals surface area contributed by atoms with Crippen molar-refractivity contribution in [2.75, 3.05) is 6.54 Å². The zero-order chi connectivity index (χ0) is 12.3. The molecule has 0 aliphatic rings. The summed E-state index contributed by atoms with van der Waals surface area (Å²) in [5.74, 6) is 0.454. The molecule has 8 heteroatoms. The lowest BCUT2D eigenvalue weighted by molar-refractivity contribution is 0.540. The summed E-state index contributed by atoms with van der Waals surface area (Å²) in [5.41, 5.74) is 0. The number of aromatic nitrogens is 3. The van der Waals surface area contributed by atoms with E-state index in [1.54, 1.807) is 0 Å². The molecule has 0 aliphatic carbocycles. The lowest BCUT2D eigenvalue weighted by Crippen LogP contribution is -2.27. The van der Waals surface area contributed by atoms with E-state index in [0.717, 1.165) is 6.42 Å². The summed E-state index contributed by atoms with van der Waals surface area (Å²) >= 11 is 3.06. The fourth-order valence-electron chi connectivity index (χ4n) is 1.16. The van der Waals surface area contributed by atoms with E-state index >= 15 is 0 Å². The second kappa shape index (κ2) is 5.24. The Kier molecular flexibility index (Phi) is 4.45. The number of sulfonamides is 1. The standard InChI is InChI=1S/C8H15BrN4O2S/c1-6(2)4-5-10-16(14,15)8-7(9)11-12-13(8)3/h6,10H,4-5H2,1-3H3. The molecule has 16 heavy (non-hydrogen) atoms. The van der Waals surface area contributed by atoms with Crippen LogP contribution < -0.4 is 4.72 Å². The van der Waals surface area contributed by atoms with Crippen LogP contribution in [0.1, 0.15) is 20.3 Å². The van der Waals surface area contributed by atoms with Crippen LogP contribution in [0.5, 0.6) is 0 Å². The second-order valence-electron chi connectivity index (χ2n) is 3.89. The number of nitrogens with one attached hydrogen (secondary N) is 1. The van der Waals surface area contributed by atoms with E-state index in [0.29, 0.717) is 12.5 Å². The van der Waals surface area contributed by atoms with Crippen molar-refractivity contribution in [3.8, 4) is 0 Å². The maximum absolute atomic E-state index is 11.9. The predicted octanol–water partition coefficient (Wildman–Crippen LogP) is 0.902. The molecule has 0 fully saturated rings. The van der Waals surface area contributed by atoms with Crippen molar-refractivity contribution in [2.45, 2.75) is 25.3 Å². The first-order chi connectivity index (χ1) is 7.34. The van der Waals surface area contributed by atoms with Gasteiger partial charge in [0.2, 0.25) is 5.03 Å². The van der Waals surface area contributed by atoms with Gasteiger partial charge < -0.3 is 0 Å². The van der Waals surface area contributed by atoms with Crippen molar-refractivity contribution >= 4 is 26.0 Å². The minimum Gasteiger partial charge on any atom is -0.235 e. The highest BCUT2D eigenvalue weighted by molar-refractivity contribution is 9.10. The van der Waals surface area contributed by atoms with Crippen LogP contribution >= 0.6 is 15.9 Å². The Balaban J connectivity index is 2.79. The number of halogens is 1. The van der Waals surface area contributed by atoms with Crippen molar-refractivity contribution in [3.05, 3.63) is 4.60 Å². The molecular weight excluding hydrogens is 296 g/mol. The average Bonchev–Trinajstić information content (AvgIpc) is 2.45. The molecule has 0 saturated carbocycles. The molecule has 1 aromatic heterocycles. The first kappa shape index (κ1) is 13.6. The summed E-state index contributed by atoms with van der Waals surface area (Å²) < 4.78 is 27.7. The lowest BCUT2D eigenvalue weighted by atomic mass is 10.1. The summed E-state index contributed by atoms with van der Waals surface area (Å²) in [5, 5.41) is 7.31. The van der Waals surface area contributed by atoms with Crippen molar-refractivity contribution in [2.24, 2.45) is 13.0 Å². The highest BCUT2D eigenvalue weighted by atomic mass is 79.9. The number of hydrogen-bond donors (Lipinski definition) is 1. The molecule has 0 saturated heterocycles. The van der Waals surface area contributed by atoms with E-state index < -0.39 is 10.0 Å². The summed E-state index contributed by atoms with van der Waals surface area (Å²) in [6, 6.07) is 0. The van der Waals surface area contributed by atoms with Crippen LogP contribution in [0.4, 0.5) is 0 Å². The van der Waals surface area contributed by atoms with Crippen LogP contribution in [0.15, 0.2) is 9.63 Å². The molecule has 0 unspecified atom stereocenters. The summed E-state index contributed by atoms with van der Waals surface area (Å²) in [7, 11) is -2.00. The van der Waals surface area contributed by atoms with Crippen LogP contribution in [0, 0.1) is 5.92 Å². The monoisotopic (exact) mass is 310 g/mol. The van der Waals surface area contributed by atoms with Gasteiger partial charge in [-0.05, 0) is 28.3 Å². The molecule has 1 aromatic rings. The van der Waals surface area contributed by atoms with Crippen LogP contribution in [0.2, 0.25) is 0 Å². The molecule has 0 aromatic carbocycles. The van der Waals surface area contributed by atoms with E-state index in [1.165, 1.54) is 11.7 Å². The normalized spacial score (nSPS) is 12.3. The number of hydrogen-bond acceptors (Lipinski definition) is 4. The predicted molar refractivity (Wildman–Crippen MR) is 63.3 cm³/mol. The van der Waals surface area contributed by atoms with Crippen molar-refractivity contribution in [1.29, 1.82) is 0 Å². The third-order valence-corrected chi connectivity index (χ3v) is 4.35. The lowest BCUT2D eigenvalue weighted by Gasteiger charge is -2.07. The Labute approximate surface area is 104 Å². The average molecular weight is 311 g/mol. The minimum atomic E-state index is -3.53. The highest BCUT2D eigenvalue weighted by Gasteiger charge is 2.23. The Bertz CT molecular complexity index is 435. The van der Waals surface area contributed by atoms with Crippen LogP contribution in [0.25, 0.3) is 0 Å². The highest BCUT2D eigenvalue weighted by Crippen LogP contribution is 2.17. The number of aryl methyl sites for hydroxylation is 1. The molecule has 0 radical (unpaired) electrons. The Morgan fingerprint density at radius 2 is 2.12 bits per heavy atom. The van der Waals surface area contributed by atoms with Crippen LogP contribution in [-0.2, 0) is 17.1 Å². The van der Waals surface area contributed by atoms with Crippen LogP contribution in [-0.4, -0.2) is 30.0 Å². The fourth-order valence-corrected chi connectivity index (χ4v) is 3.30. The van der Waals surface area contributed by atoms with E-state index in [9.17, 15) is 8.42 Å². The molecule has 1 N–H and O–H groups in total. The fraction of sp³-hybridized carbons (Fsp3) is 0.750. The second-order valence-corrected chi connectivity index (χ2v) is 6.32. The molecule has 0 amide bonds. The summed E-state index contributed by atoms with van der Waals surface area (Å²) in [6.07, 6.45) is 0.794. The molecular formula is C8H15BrN4O2S. The Hall–Kier alpha value is -0.470. The topological polar surface area (TPSA) is 76.9 Å². The van der Waals surface area contributed by atoms with Gasteiger partial charge in [-0.3, -0.25) is 0 Å². The first-order valence-corrected chi connectivity index (χ1v) is 7.17. The van der Waals surface area contributed by atoms with Gasteiger partial charge in [-0.2, -0.15) is 0 Å². The molecule has 0 spiro atoms. The molecule has 92 valence electrons. The quantitative estimate of drug-likeness (QED) is 0.876. The van der Waals surface area contributed by atoms with Crippen molar-refractivity contribution < 1.29 is 8.42 Å². The summed E-state index contributed by atoms with van der Waals surface area (Å²) in [6.45, 7) is 4.49. The first-order valence-electron chi connectivity index (χ1n) is 4.89. The summed E-state index contributed by atoms with van der Waals surface area (Å²) in [4.78, 5) is 0. The molecule has 0 atom stereocenters. The molecule has 1 heterocycles. The van der Waals surface area contributed by atoms with E-state index in [-0.39, 0.29) is 9.63 Å². The van der Waals surface area contributed by atoms with E-state index in [4.69, 9.17) is 0 Å². The van der Waals surface area contributed by atoms with E-state index in [2.05, 4.69) is 31.0 Å². The smallest absolute Gasteiger partial charge is 0.235 e. The zero-order valence-corrected chi connectivity index (χ0v) is 11.8. The Morgan fingerprint density at radius 3 is 2.56 bits per heavy atom. The van der Waals surface area contributed by atoms with Gasteiger partial charge in [0.25, 0.3) is 10.0 Å². The van der Waals surface area contributed by atoms with Crippen molar-refractivity contribution in [3.63, 3.8) is 0 Å². The van der Waals surface area contributed by atoms with Gasteiger partial charge in [0, 0.05) is 13.6 Å². The largest absolute Gasteiger partial charge is 0.260 e. The van der Waals surface area contributed by atoms with Gasteiger partial charge >= 0.3 is 0 Å². The third kappa shape index (κ3) is 3.26. The number of nitrogens with zero attached hydrogens (tertiary/aromatic N) is 3. The number of rotatable bonds is 5. The molecule has 0 bridgehead atoms. The van der Waals surface area contributed by atoms with Gasteiger partial charge in [0.1, 0.15) is 0 Å². The molecule has 0 aliphatic heterocycles. The zero-order valence-electron chi connectivity index (χ0n) is 9.44. The van der Waals surface area contributed by atoms with Crippen LogP contribution in [0.3, 0.4) is 0 Å². The maximum Gasteiger partial charge on any atom is 0.260 e. The Morgan fingerprint density at radius 1 is 1.50 bits per heavy atom. The molecule has 6 nitrogen and oxygen atoms in total. The van der Waals surface area contributed by atoms with Gasteiger partial charge in [0.05, 0.1) is 0 Å². The van der Waals surface area contributed by atoms with Gasteiger partial charge in [0.15, 0.2) is 4.60 Å². The van der Waals surface area contributed by atoms with E-state index in [1.807, 2.05) is 13.8 Å². The minimum absolute atomic E-state index is 0.0521. The van der Waals surface area contributed by atoms with Crippen molar-refractivity contribution in [1.82, 2.24) is 19.7 Å². The van der Waals surface area contributed by atoms with Gasteiger partial charge in [-0.15, -0.1) is 5.10 Å². The maximum atomic E-state index is 11.9. The molecule has 1 rings (SSSR count).